The summed E-state index contributed by atoms with van der Waals surface area (Å²) < 4.78 is 1.77. The molecule has 0 spiro atoms. The molecule has 2 N–H and O–H groups in total. The van der Waals surface area contributed by atoms with Gasteiger partial charge in [0.05, 0.1) is 24.3 Å². The number of aryl methyl sites for hydroxylation is 2. The molecule has 3 rings (SSSR count). The maximum Gasteiger partial charge on any atom is 0.276 e. The van der Waals surface area contributed by atoms with Crippen LogP contribution in [0.25, 0.3) is 0 Å². The minimum atomic E-state index is -0.548. The summed E-state index contributed by atoms with van der Waals surface area (Å²) in [6.07, 6.45) is 3.18. The maximum absolute atomic E-state index is 13.5. The molecule has 8 heteroatoms. The van der Waals surface area contributed by atoms with E-state index in [-0.39, 0.29) is 18.1 Å². The molecule has 8 nitrogen and oxygen atoms in total. The lowest BCUT2D eigenvalue weighted by Crippen LogP contribution is -2.46. The maximum atomic E-state index is 13.5. The normalized spacial score (nSPS) is 11.6. The molecule has 1 aromatic carbocycles. The second-order valence-corrected chi connectivity index (χ2v) is 7.89. The topological polar surface area (TPSA) is 100 Å². The number of carbonyl (C=O) groups excluding carboxylic acids is 2. The second kappa shape index (κ2) is 10.1. The summed E-state index contributed by atoms with van der Waals surface area (Å²) in [4.78, 5) is 41.0. The molecule has 1 atom stereocenters. The third-order valence-corrected chi connectivity index (χ3v) is 5.66. The predicted molar refractivity (Wildman–Crippen MR) is 127 cm³/mol. The van der Waals surface area contributed by atoms with E-state index in [2.05, 4.69) is 22.1 Å². The van der Waals surface area contributed by atoms with Crippen molar-refractivity contribution in [1.29, 1.82) is 0 Å². The van der Waals surface area contributed by atoms with E-state index in [1.807, 2.05) is 57.2 Å². The number of H-pyrrole nitrogens is 1. The molecule has 1 unspecified atom stereocenters. The van der Waals surface area contributed by atoms with Crippen molar-refractivity contribution in [2.75, 3.05) is 0 Å². The molecule has 0 radical (unpaired) electrons. The molecule has 172 valence electrons. The van der Waals surface area contributed by atoms with E-state index in [9.17, 15) is 14.4 Å². The van der Waals surface area contributed by atoms with Gasteiger partial charge in [-0.05, 0) is 50.5 Å². The van der Waals surface area contributed by atoms with E-state index >= 15 is 0 Å². The first-order valence-electron chi connectivity index (χ1n) is 10.8. The summed E-state index contributed by atoms with van der Waals surface area (Å²) in [6, 6.07) is 11.6. The van der Waals surface area contributed by atoms with E-state index in [1.165, 1.54) is 6.20 Å². The molecule has 0 aliphatic carbocycles. The molecular weight excluding hydrogens is 418 g/mol. The molecule has 0 bridgehead atoms. The fourth-order valence-corrected chi connectivity index (χ4v) is 3.81. The molecule has 2 aromatic heterocycles. The number of carbonyl (C=O) groups is 2. The molecule has 2 heterocycles. The van der Waals surface area contributed by atoms with Crippen LogP contribution in [0.15, 0.2) is 60.0 Å². The summed E-state index contributed by atoms with van der Waals surface area (Å²) in [5.41, 5.74) is 6.27. The number of hydrazine groups is 1. The molecule has 0 fully saturated rings. The Bertz CT molecular complexity index is 1230. The summed E-state index contributed by atoms with van der Waals surface area (Å²) in [5, 5.41) is 5.58. The lowest BCUT2D eigenvalue weighted by Gasteiger charge is -2.24. The number of aromatic amines is 1. The lowest BCUT2D eigenvalue weighted by molar-refractivity contribution is -0.120. The van der Waals surface area contributed by atoms with E-state index in [0.717, 1.165) is 27.9 Å². The van der Waals surface area contributed by atoms with Crippen LogP contribution in [0.5, 0.6) is 0 Å². The van der Waals surface area contributed by atoms with Gasteiger partial charge in [0.2, 0.25) is 0 Å². The number of nitrogens with zero attached hydrogens (tertiary/aromatic N) is 3. The smallest absolute Gasteiger partial charge is 0.276 e. The first-order chi connectivity index (χ1) is 15.8. The number of pyridine rings is 1. The second-order valence-electron chi connectivity index (χ2n) is 7.89. The van der Waals surface area contributed by atoms with Gasteiger partial charge in [0.15, 0.2) is 0 Å². The quantitative estimate of drug-likeness (QED) is 0.429. The van der Waals surface area contributed by atoms with Crippen molar-refractivity contribution in [3.05, 3.63) is 99.2 Å². The Hall–Kier alpha value is -3.94. The lowest BCUT2D eigenvalue weighted by atomic mass is 10.1. The highest BCUT2D eigenvalue weighted by Gasteiger charge is 2.25. The number of benzene rings is 1. The Morgan fingerprint density at radius 3 is 2.61 bits per heavy atom. The molecule has 0 aliphatic heterocycles. The largest absolute Gasteiger partial charge is 0.326 e. The molecule has 2 amide bonds. The van der Waals surface area contributed by atoms with Crippen LogP contribution in [0.4, 0.5) is 0 Å². The van der Waals surface area contributed by atoms with Crippen molar-refractivity contribution in [3.63, 3.8) is 0 Å². The van der Waals surface area contributed by atoms with Crippen LogP contribution in [0.3, 0.4) is 0 Å². The van der Waals surface area contributed by atoms with Crippen LogP contribution in [-0.4, -0.2) is 31.6 Å². The van der Waals surface area contributed by atoms with Crippen LogP contribution in [0.1, 0.15) is 58.3 Å². The Kier molecular flexibility index (Phi) is 7.27. The molecular formula is C25H29N5O3. The molecule has 3 aromatic rings. The van der Waals surface area contributed by atoms with Crippen LogP contribution < -0.4 is 11.0 Å². The van der Waals surface area contributed by atoms with Gasteiger partial charge in [0.1, 0.15) is 0 Å². The number of aromatic nitrogens is 3. The van der Waals surface area contributed by atoms with E-state index in [4.69, 9.17) is 0 Å². The Balaban J connectivity index is 1.97. The number of hydrogen-bond acceptors (Lipinski definition) is 4. The first kappa shape index (κ1) is 23.7. The molecule has 0 aliphatic rings. The fraction of sp³-hybridized carbons (Fsp3) is 0.280. The Labute approximate surface area is 192 Å². The molecule has 0 saturated carbocycles. The van der Waals surface area contributed by atoms with Crippen LogP contribution >= 0.6 is 0 Å². The van der Waals surface area contributed by atoms with Crippen molar-refractivity contribution < 1.29 is 9.59 Å². The molecule has 33 heavy (non-hydrogen) atoms. The summed E-state index contributed by atoms with van der Waals surface area (Å²) in [5.74, 6) is -1.01. The van der Waals surface area contributed by atoms with Gasteiger partial charge in [0, 0.05) is 17.0 Å². The standard InChI is InChI=1S/C25H29N5O3/c1-6-19-13-16(3)27-24(32)22(19)15-29(28-23(31)7-2)25(33)21-14-26-30(18(21)5)17(4)20-11-9-8-10-12-20/h7-14,17H,2,6,15H2,1,3-5H3,(H,27,32)(H,28,31). The van der Waals surface area contributed by atoms with Gasteiger partial charge in [-0.25, -0.2) is 5.01 Å². The van der Waals surface area contributed by atoms with Crippen molar-refractivity contribution in [2.24, 2.45) is 0 Å². The number of nitrogens with one attached hydrogen (secondary N) is 2. The van der Waals surface area contributed by atoms with Gasteiger partial charge < -0.3 is 4.98 Å². The molecule has 0 saturated heterocycles. The first-order valence-corrected chi connectivity index (χ1v) is 10.8. The van der Waals surface area contributed by atoms with E-state index in [0.29, 0.717) is 23.2 Å². The van der Waals surface area contributed by atoms with Gasteiger partial charge in [-0.1, -0.05) is 43.8 Å². The van der Waals surface area contributed by atoms with Gasteiger partial charge in [0.25, 0.3) is 17.4 Å². The summed E-state index contributed by atoms with van der Waals surface area (Å²) in [7, 11) is 0. The highest BCUT2D eigenvalue weighted by Crippen LogP contribution is 2.21. The van der Waals surface area contributed by atoms with Crippen molar-refractivity contribution >= 4 is 11.8 Å². The van der Waals surface area contributed by atoms with E-state index < -0.39 is 11.8 Å². The third-order valence-electron chi connectivity index (χ3n) is 5.66. The van der Waals surface area contributed by atoms with Gasteiger partial charge >= 0.3 is 0 Å². The average molecular weight is 448 g/mol. The summed E-state index contributed by atoms with van der Waals surface area (Å²) >= 11 is 0. The SMILES string of the molecule is C=CC(=O)NN(Cc1c(CC)cc(C)[nH]c1=O)C(=O)c1cnn(C(C)c2ccccc2)c1C. The monoisotopic (exact) mass is 447 g/mol. The van der Waals surface area contributed by atoms with Crippen LogP contribution in [0.2, 0.25) is 0 Å². The Morgan fingerprint density at radius 2 is 1.97 bits per heavy atom. The van der Waals surface area contributed by atoms with E-state index in [1.54, 1.807) is 11.6 Å². The minimum Gasteiger partial charge on any atom is -0.326 e. The van der Waals surface area contributed by atoms with Crippen molar-refractivity contribution in [1.82, 2.24) is 25.2 Å². The average Bonchev–Trinajstić information content (AvgIpc) is 3.20. The predicted octanol–water partition coefficient (Wildman–Crippen LogP) is 3.22. The Morgan fingerprint density at radius 1 is 1.27 bits per heavy atom. The third kappa shape index (κ3) is 5.11. The van der Waals surface area contributed by atoms with Crippen LogP contribution in [0, 0.1) is 13.8 Å². The highest BCUT2D eigenvalue weighted by atomic mass is 16.2. The van der Waals surface area contributed by atoms with Crippen molar-refractivity contribution in [2.45, 2.75) is 46.7 Å². The number of amides is 2. The zero-order valence-corrected chi connectivity index (χ0v) is 19.4. The summed E-state index contributed by atoms with van der Waals surface area (Å²) in [6.45, 7) is 10.9. The highest BCUT2D eigenvalue weighted by molar-refractivity contribution is 5.97. The zero-order chi connectivity index (χ0) is 24.1. The van der Waals surface area contributed by atoms with Gasteiger partial charge in [-0.2, -0.15) is 5.10 Å². The van der Waals surface area contributed by atoms with Crippen LogP contribution in [-0.2, 0) is 17.8 Å². The number of rotatable bonds is 7. The fourth-order valence-electron chi connectivity index (χ4n) is 3.81. The van der Waals surface area contributed by atoms with Gasteiger partial charge in [-0.15, -0.1) is 0 Å². The minimum absolute atomic E-state index is 0.0872. The zero-order valence-electron chi connectivity index (χ0n) is 19.4. The van der Waals surface area contributed by atoms with Crippen molar-refractivity contribution in [3.8, 4) is 0 Å². The number of hydrogen-bond donors (Lipinski definition) is 2. The van der Waals surface area contributed by atoms with Gasteiger partial charge in [-0.3, -0.25) is 24.5 Å².